The normalized spacial score (nSPS) is 14.9. The average Bonchev–Trinajstić information content (AvgIpc) is 2.18. The van der Waals surface area contributed by atoms with Crippen LogP contribution in [-0.2, 0) is 5.60 Å². The fourth-order valence-electron chi connectivity index (χ4n) is 1.40. The first-order chi connectivity index (χ1) is 6.60. The molecule has 0 aliphatic carbocycles. The predicted octanol–water partition coefficient (Wildman–Crippen LogP) is 1.12. The molecule has 1 rings (SSSR count). The van der Waals surface area contributed by atoms with Crippen LogP contribution < -0.4 is 10.1 Å². The Labute approximate surface area is 84.7 Å². The summed E-state index contributed by atoms with van der Waals surface area (Å²) in [4.78, 5) is 0. The molecule has 3 heteroatoms. The lowest BCUT2D eigenvalue weighted by Gasteiger charge is -2.23. The highest BCUT2D eigenvalue weighted by atomic mass is 16.5. The Morgan fingerprint density at radius 2 is 1.93 bits per heavy atom. The minimum Gasteiger partial charge on any atom is -0.497 e. The van der Waals surface area contributed by atoms with Gasteiger partial charge in [-0.1, -0.05) is 12.1 Å². The summed E-state index contributed by atoms with van der Waals surface area (Å²) in [6.07, 6.45) is 0. The van der Waals surface area contributed by atoms with Crippen LogP contribution in [-0.4, -0.2) is 25.8 Å². The quantitative estimate of drug-likeness (QED) is 0.756. The summed E-state index contributed by atoms with van der Waals surface area (Å²) < 4.78 is 5.04. The van der Waals surface area contributed by atoms with E-state index in [1.165, 1.54) is 0 Å². The van der Waals surface area contributed by atoms with Gasteiger partial charge < -0.3 is 15.2 Å². The number of aliphatic hydroxyl groups is 1. The van der Waals surface area contributed by atoms with E-state index in [4.69, 9.17) is 4.74 Å². The number of nitrogens with one attached hydrogen (secondary N) is 1. The van der Waals surface area contributed by atoms with Crippen molar-refractivity contribution in [3.05, 3.63) is 29.8 Å². The van der Waals surface area contributed by atoms with Gasteiger partial charge >= 0.3 is 0 Å². The summed E-state index contributed by atoms with van der Waals surface area (Å²) in [5.74, 6) is 0.800. The molecular weight excluding hydrogens is 178 g/mol. The fraction of sp³-hybridized carbons (Fsp3) is 0.455. The zero-order valence-corrected chi connectivity index (χ0v) is 8.87. The second kappa shape index (κ2) is 4.44. The molecule has 0 amide bonds. The van der Waals surface area contributed by atoms with Gasteiger partial charge in [-0.05, 0) is 31.7 Å². The molecule has 0 bridgehead atoms. The molecule has 0 heterocycles. The lowest BCUT2D eigenvalue weighted by Crippen LogP contribution is -2.33. The molecule has 0 saturated heterocycles. The van der Waals surface area contributed by atoms with E-state index >= 15 is 0 Å². The Balaban J connectivity index is 2.85. The molecule has 14 heavy (non-hydrogen) atoms. The van der Waals surface area contributed by atoms with Crippen molar-refractivity contribution in [1.82, 2.24) is 5.32 Å². The van der Waals surface area contributed by atoms with Gasteiger partial charge in [-0.3, -0.25) is 0 Å². The van der Waals surface area contributed by atoms with Crippen LogP contribution in [0.5, 0.6) is 5.75 Å². The highest BCUT2D eigenvalue weighted by Crippen LogP contribution is 2.22. The third kappa shape index (κ3) is 2.47. The van der Waals surface area contributed by atoms with Gasteiger partial charge in [0.25, 0.3) is 0 Å². The smallest absolute Gasteiger partial charge is 0.118 e. The van der Waals surface area contributed by atoms with E-state index in [1.54, 1.807) is 14.0 Å². The third-order valence-corrected chi connectivity index (χ3v) is 2.23. The van der Waals surface area contributed by atoms with E-state index in [-0.39, 0.29) is 0 Å². The van der Waals surface area contributed by atoms with Crippen LogP contribution in [0.1, 0.15) is 12.5 Å². The van der Waals surface area contributed by atoms with Crippen molar-refractivity contribution in [1.29, 1.82) is 0 Å². The first-order valence-electron chi connectivity index (χ1n) is 4.61. The van der Waals surface area contributed by atoms with Gasteiger partial charge in [0.05, 0.1) is 12.7 Å². The van der Waals surface area contributed by atoms with E-state index < -0.39 is 5.60 Å². The molecule has 0 radical (unpaired) electrons. The molecule has 0 aliphatic heterocycles. The van der Waals surface area contributed by atoms with Crippen LogP contribution in [0.2, 0.25) is 0 Å². The summed E-state index contributed by atoms with van der Waals surface area (Å²) in [5.41, 5.74) is 0.0498. The second-order valence-corrected chi connectivity index (χ2v) is 3.53. The zero-order valence-electron chi connectivity index (χ0n) is 8.87. The lowest BCUT2D eigenvalue weighted by atomic mass is 9.96. The number of ether oxygens (including phenoxy) is 1. The Hall–Kier alpha value is -1.06. The summed E-state index contributed by atoms with van der Waals surface area (Å²) in [6, 6.07) is 7.44. The van der Waals surface area contributed by atoms with E-state index in [0.29, 0.717) is 6.54 Å². The van der Waals surface area contributed by atoms with Gasteiger partial charge in [0.15, 0.2) is 0 Å². The molecular formula is C11H17NO2. The predicted molar refractivity (Wildman–Crippen MR) is 56.5 cm³/mol. The van der Waals surface area contributed by atoms with Gasteiger partial charge in [-0.25, -0.2) is 0 Å². The molecule has 0 spiro atoms. The molecule has 3 nitrogen and oxygen atoms in total. The van der Waals surface area contributed by atoms with Crippen LogP contribution in [0.4, 0.5) is 0 Å². The molecule has 0 fully saturated rings. The average molecular weight is 195 g/mol. The topological polar surface area (TPSA) is 41.5 Å². The number of methoxy groups -OCH3 is 1. The first kappa shape index (κ1) is 11.0. The maximum absolute atomic E-state index is 10.0. The Bertz CT molecular complexity index is 280. The molecule has 1 unspecified atom stereocenters. The van der Waals surface area contributed by atoms with Crippen LogP contribution in [0.15, 0.2) is 24.3 Å². The largest absolute Gasteiger partial charge is 0.497 e. The van der Waals surface area contributed by atoms with E-state index in [0.717, 1.165) is 11.3 Å². The summed E-state index contributed by atoms with van der Waals surface area (Å²) in [5, 5.41) is 13.0. The van der Waals surface area contributed by atoms with Crippen LogP contribution in [0.3, 0.4) is 0 Å². The van der Waals surface area contributed by atoms with Crippen LogP contribution >= 0.6 is 0 Å². The third-order valence-electron chi connectivity index (χ3n) is 2.23. The van der Waals surface area contributed by atoms with Crippen molar-refractivity contribution < 1.29 is 9.84 Å². The fourth-order valence-corrected chi connectivity index (χ4v) is 1.40. The standard InChI is InChI=1S/C11H17NO2/c1-11(13,8-12-2)9-4-6-10(14-3)7-5-9/h4-7,12-13H,8H2,1-3H3. The van der Waals surface area contributed by atoms with Crippen molar-refractivity contribution in [2.75, 3.05) is 20.7 Å². The summed E-state index contributed by atoms with van der Waals surface area (Å²) in [7, 11) is 3.44. The van der Waals surface area contributed by atoms with Crippen molar-refractivity contribution in [3.63, 3.8) is 0 Å². The van der Waals surface area contributed by atoms with Gasteiger partial charge in [0, 0.05) is 6.54 Å². The van der Waals surface area contributed by atoms with E-state index in [2.05, 4.69) is 5.32 Å². The van der Waals surface area contributed by atoms with Crippen LogP contribution in [0, 0.1) is 0 Å². The Morgan fingerprint density at radius 3 is 2.36 bits per heavy atom. The molecule has 0 aromatic heterocycles. The second-order valence-electron chi connectivity index (χ2n) is 3.53. The number of hydrogen-bond donors (Lipinski definition) is 2. The molecule has 78 valence electrons. The van der Waals surface area contributed by atoms with E-state index in [9.17, 15) is 5.11 Å². The monoisotopic (exact) mass is 195 g/mol. The van der Waals surface area contributed by atoms with Gasteiger partial charge in [0.2, 0.25) is 0 Å². The number of benzene rings is 1. The van der Waals surface area contributed by atoms with Gasteiger partial charge in [-0.15, -0.1) is 0 Å². The molecule has 0 saturated carbocycles. The number of likely N-dealkylation sites (N-methyl/N-ethyl adjacent to an activating group) is 1. The maximum atomic E-state index is 10.0. The summed E-state index contributed by atoms with van der Waals surface area (Å²) >= 11 is 0. The highest BCUT2D eigenvalue weighted by molar-refractivity contribution is 5.30. The molecule has 1 atom stereocenters. The van der Waals surface area contributed by atoms with Crippen LogP contribution in [0.25, 0.3) is 0 Å². The minimum absolute atomic E-state index is 0.527. The Kier molecular flexibility index (Phi) is 3.49. The molecule has 1 aromatic rings. The van der Waals surface area contributed by atoms with Crippen molar-refractivity contribution >= 4 is 0 Å². The minimum atomic E-state index is -0.832. The SMILES string of the molecule is CNCC(C)(O)c1ccc(OC)cc1. The van der Waals surface area contributed by atoms with Gasteiger partial charge in [-0.2, -0.15) is 0 Å². The van der Waals surface area contributed by atoms with Crippen molar-refractivity contribution in [2.45, 2.75) is 12.5 Å². The highest BCUT2D eigenvalue weighted by Gasteiger charge is 2.21. The van der Waals surface area contributed by atoms with Crippen molar-refractivity contribution in [2.24, 2.45) is 0 Å². The molecule has 0 aliphatic rings. The van der Waals surface area contributed by atoms with Crippen molar-refractivity contribution in [3.8, 4) is 5.75 Å². The lowest BCUT2D eigenvalue weighted by molar-refractivity contribution is 0.0591. The molecule has 1 aromatic carbocycles. The number of hydrogen-bond acceptors (Lipinski definition) is 3. The summed E-state index contributed by atoms with van der Waals surface area (Å²) in [6.45, 7) is 2.31. The zero-order chi connectivity index (χ0) is 10.6. The number of rotatable bonds is 4. The molecule has 2 N–H and O–H groups in total. The maximum Gasteiger partial charge on any atom is 0.118 e. The Morgan fingerprint density at radius 1 is 1.36 bits per heavy atom. The van der Waals surface area contributed by atoms with E-state index in [1.807, 2.05) is 31.3 Å². The first-order valence-corrected chi connectivity index (χ1v) is 4.61. The van der Waals surface area contributed by atoms with Gasteiger partial charge in [0.1, 0.15) is 5.75 Å².